The Morgan fingerprint density at radius 2 is 2.14 bits per heavy atom. The minimum atomic E-state index is -0.414. The van der Waals surface area contributed by atoms with Crippen molar-refractivity contribution in [2.75, 3.05) is 6.54 Å². The lowest BCUT2D eigenvalue weighted by Crippen LogP contribution is -2.04. The average molecular weight is 317 g/mol. The van der Waals surface area contributed by atoms with Gasteiger partial charge in [-0.15, -0.1) is 0 Å². The second-order valence-corrected chi connectivity index (χ2v) is 5.27. The monoisotopic (exact) mass is 316 g/mol. The first kappa shape index (κ1) is 14.5. The summed E-state index contributed by atoms with van der Waals surface area (Å²) < 4.78 is 1.84. The third kappa shape index (κ3) is 2.54. The Bertz CT molecular complexity index is 860. The summed E-state index contributed by atoms with van der Waals surface area (Å²) in [5, 5.41) is 11.6. The van der Waals surface area contributed by atoms with Crippen molar-refractivity contribution in [1.29, 1.82) is 0 Å². The first-order valence-electron chi connectivity index (χ1n) is 6.71. The number of nitro groups is 1. The van der Waals surface area contributed by atoms with Crippen molar-refractivity contribution in [2.24, 2.45) is 5.73 Å². The number of nitrogens with zero attached hydrogens (tertiary/aromatic N) is 3. The van der Waals surface area contributed by atoms with Crippen LogP contribution in [0.3, 0.4) is 0 Å². The van der Waals surface area contributed by atoms with E-state index >= 15 is 0 Å². The molecular formula is C15H13ClN4O2. The highest BCUT2D eigenvalue weighted by molar-refractivity contribution is 6.30. The van der Waals surface area contributed by atoms with Gasteiger partial charge < -0.3 is 5.73 Å². The number of imidazole rings is 1. The second kappa shape index (κ2) is 5.75. The molecule has 0 saturated carbocycles. The molecule has 3 rings (SSSR count). The zero-order valence-electron chi connectivity index (χ0n) is 11.6. The van der Waals surface area contributed by atoms with E-state index < -0.39 is 4.92 Å². The van der Waals surface area contributed by atoms with E-state index in [2.05, 4.69) is 4.98 Å². The normalized spacial score (nSPS) is 11.0. The summed E-state index contributed by atoms with van der Waals surface area (Å²) in [6, 6.07) is 10.0. The molecule has 1 aromatic carbocycles. The average Bonchev–Trinajstić information content (AvgIpc) is 2.85. The number of non-ortho nitro benzene ring substituents is 1. The molecule has 0 amide bonds. The van der Waals surface area contributed by atoms with Gasteiger partial charge >= 0.3 is 0 Å². The van der Waals surface area contributed by atoms with Crippen molar-refractivity contribution in [2.45, 2.75) is 6.42 Å². The van der Waals surface area contributed by atoms with Crippen molar-refractivity contribution in [3.63, 3.8) is 0 Å². The van der Waals surface area contributed by atoms with E-state index in [9.17, 15) is 10.1 Å². The summed E-state index contributed by atoms with van der Waals surface area (Å²) in [4.78, 5) is 15.1. The minimum absolute atomic E-state index is 0.0353. The fourth-order valence-corrected chi connectivity index (χ4v) is 2.61. The first-order chi connectivity index (χ1) is 10.6. The lowest BCUT2D eigenvalue weighted by molar-refractivity contribution is -0.384. The van der Waals surface area contributed by atoms with Gasteiger partial charge in [-0.2, -0.15) is 0 Å². The summed E-state index contributed by atoms with van der Waals surface area (Å²) in [7, 11) is 0. The molecule has 0 atom stereocenters. The van der Waals surface area contributed by atoms with Gasteiger partial charge in [-0.1, -0.05) is 23.7 Å². The second-order valence-electron chi connectivity index (χ2n) is 4.83. The van der Waals surface area contributed by atoms with Gasteiger partial charge in [0.05, 0.1) is 21.3 Å². The van der Waals surface area contributed by atoms with Crippen LogP contribution < -0.4 is 5.73 Å². The quantitative estimate of drug-likeness (QED) is 0.592. The maximum absolute atomic E-state index is 11.0. The van der Waals surface area contributed by atoms with Crippen LogP contribution in [-0.4, -0.2) is 20.9 Å². The Morgan fingerprint density at radius 3 is 2.86 bits per heavy atom. The number of pyridine rings is 1. The standard InChI is InChI=1S/C15H13ClN4O2/c16-11-4-5-14-18-13(6-7-17)15(19(14)9-11)10-2-1-3-12(8-10)20(21)22/h1-5,8-9H,6-7,17H2. The van der Waals surface area contributed by atoms with Crippen LogP contribution in [0.2, 0.25) is 5.02 Å². The molecule has 6 nitrogen and oxygen atoms in total. The van der Waals surface area contributed by atoms with E-state index in [1.54, 1.807) is 18.3 Å². The molecule has 0 saturated heterocycles. The van der Waals surface area contributed by atoms with Crippen LogP contribution in [-0.2, 0) is 6.42 Å². The van der Waals surface area contributed by atoms with Crippen LogP contribution in [0.4, 0.5) is 5.69 Å². The Balaban J connectivity index is 2.27. The molecule has 112 valence electrons. The van der Waals surface area contributed by atoms with E-state index in [0.29, 0.717) is 23.6 Å². The number of benzene rings is 1. The van der Waals surface area contributed by atoms with Gasteiger partial charge in [0.25, 0.3) is 5.69 Å². The van der Waals surface area contributed by atoms with E-state index in [-0.39, 0.29) is 5.69 Å². The number of halogens is 1. The predicted octanol–water partition coefficient (Wildman–Crippen LogP) is 3.06. The van der Waals surface area contributed by atoms with Crippen LogP contribution in [0.15, 0.2) is 42.6 Å². The predicted molar refractivity (Wildman–Crippen MR) is 85.1 cm³/mol. The molecule has 2 heterocycles. The largest absolute Gasteiger partial charge is 0.330 e. The fourth-order valence-electron chi connectivity index (χ4n) is 2.45. The van der Waals surface area contributed by atoms with E-state index in [4.69, 9.17) is 17.3 Å². The molecule has 3 aromatic rings. The van der Waals surface area contributed by atoms with E-state index in [0.717, 1.165) is 17.0 Å². The minimum Gasteiger partial charge on any atom is -0.330 e. The van der Waals surface area contributed by atoms with Crippen LogP contribution in [0.25, 0.3) is 16.9 Å². The Labute approximate surface area is 131 Å². The zero-order valence-corrected chi connectivity index (χ0v) is 12.3. The number of hydrogen-bond donors (Lipinski definition) is 1. The Hall–Kier alpha value is -2.44. The molecule has 0 aliphatic rings. The molecule has 22 heavy (non-hydrogen) atoms. The van der Waals surface area contributed by atoms with Gasteiger partial charge in [0.2, 0.25) is 0 Å². The molecule has 0 unspecified atom stereocenters. The van der Waals surface area contributed by atoms with Crippen molar-refractivity contribution < 1.29 is 4.92 Å². The van der Waals surface area contributed by atoms with Gasteiger partial charge in [-0.3, -0.25) is 14.5 Å². The number of fused-ring (bicyclic) bond motifs is 1. The SMILES string of the molecule is NCCc1nc2ccc(Cl)cn2c1-c1cccc([N+](=O)[O-])c1. The fraction of sp³-hybridized carbons (Fsp3) is 0.133. The smallest absolute Gasteiger partial charge is 0.270 e. The molecule has 2 N–H and O–H groups in total. The number of aromatic nitrogens is 2. The summed E-state index contributed by atoms with van der Waals surface area (Å²) in [5.41, 5.74) is 8.72. The highest BCUT2D eigenvalue weighted by Crippen LogP contribution is 2.29. The molecule has 0 spiro atoms. The number of nitrogens with two attached hydrogens (primary N) is 1. The molecular weight excluding hydrogens is 304 g/mol. The first-order valence-corrected chi connectivity index (χ1v) is 7.09. The molecule has 0 aliphatic carbocycles. The Morgan fingerprint density at radius 1 is 1.32 bits per heavy atom. The number of rotatable bonds is 4. The zero-order chi connectivity index (χ0) is 15.7. The highest BCUT2D eigenvalue weighted by atomic mass is 35.5. The van der Waals surface area contributed by atoms with Crippen molar-refractivity contribution in [1.82, 2.24) is 9.38 Å². The van der Waals surface area contributed by atoms with Gasteiger partial charge in [-0.25, -0.2) is 4.98 Å². The van der Waals surface area contributed by atoms with Gasteiger partial charge in [0.1, 0.15) is 5.65 Å². The molecule has 7 heteroatoms. The number of hydrogen-bond acceptors (Lipinski definition) is 4. The molecule has 0 aliphatic heterocycles. The van der Waals surface area contributed by atoms with Crippen LogP contribution in [0.1, 0.15) is 5.69 Å². The van der Waals surface area contributed by atoms with E-state index in [1.165, 1.54) is 12.1 Å². The third-order valence-electron chi connectivity index (χ3n) is 3.37. The maximum Gasteiger partial charge on any atom is 0.270 e. The van der Waals surface area contributed by atoms with Crippen LogP contribution in [0, 0.1) is 10.1 Å². The summed E-state index contributed by atoms with van der Waals surface area (Å²) in [6.07, 6.45) is 2.33. The summed E-state index contributed by atoms with van der Waals surface area (Å²) in [6.45, 7) is 0.444. The third-order valence-corrected chi connectivity index (χ3v) is 3.59. The molecule has 0 fully saturated rings. The van der Waals surface area contributed by atoms with Crippen molar-refractivity contribution >= 4 is 22.9 Å². The van der Waals surface area contributed by atoms with Crippen LogP contribution >= 0.6 is 11.6 Å². The molecule has 2 aromatic heterocycles. The highest BCUT2D eigenvalue weighted by Gasteiger charge is 2.16. The van der Waals surface area contributed by atoms with Gasteiger partial charge in [0.15, 0.2) is 0 Å². The number of nitro benzene ring substituents is 1. The summed E-state index contributed by atoms with van der Waals surface area (Å²) >= 11 is 6.06. The molecule has 0 radical (unpaired) electrons. The van der Waals surface area contributed by atoms with Crippen molar-refractivity contribution in [3.8, 4) is 11.3 Å². The van der Waals surface area contributed by atoms with Crippen LogP contribution in [0.5, 0.6) is 0 Å². The van der Waals surface area contributed by atoms with Gasteiger partial charge in [0, 0.05) is 30.3 Å². The summed E-state index contributed by atoms with van der Waals surface area (Å²) in [5.74, 6) is 0. The maximum atomic E-state index is 11.0. The van der Waals surface area contributed by atoms with E-state index in [1.807, 2.05) is 16.5 Å². The van der Waals surface area contributed by atoms with Gasteiger partial charge in [-0.05, 0) is 18.7 Å². The Kier molecular flexibility index (Phi) is 3.79. The lowest BCUT2D eigenvalue weighted by atomic mass is 10.1. The lowest BCUT2D eigenvalue weighted by Gasteiger charge is -2.05. The molecule has 0 bridgehead atoms. The topological polar surface area (TPSA) is 86.5 Å². The van der Waals surface area contributed by atoms with Crippen molar-refractivity contribution in [3.05, 3.63) is 63.4 Å².